The van der Waals surface area contributed by atoms with Crippen molar-refractivity contribution >= 4 is 58.2 Å². The van der Waals surface area contributed by atoms with E-state index in [1.165, 1.54) is 31.2 Å². The van der Waals surface area contributed by atoms with E-state index in [1.54, 1.807) is 11.0 Å². The van der Waals surface area contributed by atoms with Crippen molar-refractivity contribution in [1.82, 2.24) is 4.90 Å². The van der Waals surface area contributed by atoms with Gasteiger partial charge in [-0.2, -0.15) is 8.42 Å². The minimum Gasteiger partial charge on any atom is -0.464 e. The number of likely N-dealkylation sites (tertiary alicyclic amines) is 1. The number of carbonyl (C=O) groups excluding carboxylic acids is 8. The van der Waals surface area contributed by atoms with Gasteiger partial charge in [0.25, 0.3) is 0 Å². The third kappa shape index (κ3) is 16.6. The highest BCUT2D eigenvalue weighted by Crippen LogP contribution is 2.38. The maximum atomic E-state index is 13.9. The van der Waals surface area contributed by atoms with Crippen LogP contribution < -0.4 is 0 Å². The Balaban J connectivity index is 2.02. The second-order valence-electron chi connectivity index (χ2n) is 16.1. The van der Waals surface area contributed by atoms with Crippen molar-refractivity contribution in [2.45, 2.75) is 161 Å². The molecule has 1 aromatic carbocycles. The minimum absolute atomic E-state index is 0.102. The lowest BCUT2D eigenvalue weighted by Gasteiger charge is -2.52. The van der Waals surface area contributed by atoms with Crippen molar-refractivity contribution in [3.05, 3.63) is 35.9 Å². The molecule has 25 nitrogen and oxygen atoms in total. The number of piperidine rings is 1. The van der Waals surface area contributed by atoms with Gasteiger partial charge in [-0.15, -0.1) is 0 Å². The van der Waals surface area contributed by atoms with Gasteiger partial charge in [0.1, 0.15) is 37.6 Å². The summed E-state index contributed by atoms with van der Waals surface area (Å²) in [5, 5.41) is 0. The van der Waals surface area contributed by atoms with Crippen LogP contribution in [0.25, 0.3) is 0 Å². The molecule has 0 saturated carbocycles. The van der Waals surface area contributed by atoms with Crippen molar-refractivity contribution in [2.24, 2.45) is 0 Å². The van der Waals surface area contributed by atoms with Gasteiger partial charge in [-0.1, -0.05) is 31.5 Å². The molecule has 14 atom stereocenters. The second kappa shape index (κ2) is 25.5. The Morgan fingerprint density at radius 3 is 1.67 bits per heavy atom. The van der Waals surface area contributed by atoms with E-state index in [4.69, 9.17) is 61.0 Å². The largest absolute Gasteiger partial charge is 0.464 e. The van der Waals surface area contributed by atoms with Gasteiger partial charge >= 0.3 is 58.2 Å². The van der Waals surface area contributed by atoms with Gasteiger partial charge in [0.2, 0.25) is 0 Å². The summed E-state index contributed by atoms with van der Waals surface area (Å²) in [6.45, 7) is 9.37. The predicted octanol–water partition coefficient (Wildman–Crippen LogP) is 0.909. The molecule has 1 N–H and O–H groups in total. The van der Waals surface area contributed by atoms with Gasteiger partial charge in [0.05, 0.1) is 17.7 Å². The average molecular weight is 1010 g/mol. The van der Waals surface area contributed by atoms with Crippen LogP contribution in [0.1, 0.15) is 85.5 Å². The van der Waals surface area contributed by atoms with Gasteiger partial charge < -0.3 is 56.8 Å². The number of ether oxygens (including phenoxy) is 12. The molecule has 26 heteroatoms. The quantitative estimate of drug-likeness (QED) is 0.108. The van der Waals surface area contributed by atoms with E-state index < -0.39 is 157 Å². The number of esters is 8. The molecule has 0 radical (unpaired) electrons. The van der Waals surface area contributed by atoms with Crippen LogP contribution >= 0.6 is 0 Å². The van der Waals surface area contributed by atoms with E-state index in [9.17, 15) is 51.3 Å². The van der Waals surface area contributed by atoms with Crippen molar-refractivity contribution in [2.75, 3.05) is 26.3 Å². The molecule has 0 aromatic heterocycles. The fraction of sp³-hybridized carbons (Fsp3) is 0.674. The molecule has 3 aliphatic heterocycles. The summed E-state index contributed by atoms with van der Waals surface area (Å²) in [5.74, 6) is -7.36. The minimum atomic E-state index is -5.56. The van der Waals surface area contributed by atoms with Gasteiger partial charge in [0, 0.05) is 55.0 Å². The van der Waals surface area contributed by atoms with Crippen LogP contribution in [0.4, 0.5) is 0 Å². The zero-order valence-electron chi connectivity index (χ0n) is 39.4. The first-order valence-electron chi connectivity index (χ1n) is 21.8. The zero-order chi connectivity index (χ0) is 51.3. The molecular weight excluding hydrogens is 947 g/mol. The number of hydrogen-bond donors (Lipinski definition) is 1. The number of benzene rings is 1. The molecule has 0 bridgehead atoms. The summed E-state index contributed by atoms with van der Waals surface area (Å²) in [4.78, 5) is 103. The number of nitrogens with zero attached hydrogens (tertiary/aromatic N) is 1. The van der Waals surface area contributed by atoms with Gasteiger partial charge in [-0.3, -0.25) is 43.0 Å². The van der Waals surface area contributed by atoms with E-state index in [1.807, 2.05) is 6.92 Å². The van der Waals surface area contributed by atoms with E-state index >= 15 is 0 Å². The van der Waals surface area contributed by atoms with Crippen LogP contribution in [0.15, 0.2) is 30.3 Å². The summed E-state index contributed by atoms with van der Waals surface area (Å²) in [5.41, 5.74) is -0.102. The molecule has 3 heterocycles. The van der Waals surface area contributed by atoms with Crippen molar-refractivity contribution in [1.29, 1.82) is 0 Å². The summed E-state index contributed by atoms with van der Waals surface area (Å²) in [6.07, 6.45) is -21.5. The molecule has 0 spiro atoms. The van der Waals surface area contributed by atoms with Crippen molar-refractivity contribution in [3.8, 4) is 0 Å². The monoisotopic (exact) mass is 1010 g/mol. The van der Waals surface area contributed by atoms with Crippen LogP contribution in [0.3, 0.4) is 0 Å². The Morgan fingerprint density at radius 1 is 0.609 bits per heavy atom. The number of carbonyl (C=O) groups is 8. The molecule has 3 fully saturated rings. The standard InChI is InChI=1S/C43H59NO24S/c1-10-11-17-44-18-31(59-24(5)47)35(67-42-39(63-28(9)51)37(62-27(8)50)33(21(2)58-42)60-25(6)48)34(30(44)19-56-22(3)45)66-43-40(65-41(52)29-15-13-12-14-16-29)38(68-69(53,54)55)36(61-26(7)49)32(64-43)20-57-23(4)46/h12-16,21,30-40,42-43H,10-11,17-20H2,1-9H3,(H,53,54,55)/t21-,30+,31-,32+,33+,34+,35+,36-,37+,38-,39-,40+,42-,43-/m0/s1. The summed E-state index contributed by atoms with van der Waals surface area (Å²) < 4.78 is 111. The summed E-state index contributed by atoms with van der Waals surface area (Å²) in [7, 11) is -5.56. The SMILES string of the molecule is CCCCN1C[C@H](OC(C)=O)[C@@H](O[C@@H]2O[C@@H](C)[C@@H](OC(C)=O)[C@@H](OC(C)=O)[C@@H]2OC(C)=O)[C@H](O[C@@H]2O[C@H](COC(C)=O)[C@H](OC(C)=O)[C@H](OS(=O)(=O)O)[C@H]2OC(=O)c2ccccc2)[C@H]1COC(C)=O. The Hall–Kier alpha value is -5.35. The van der Waals surface area contributed by atoms with E-state index in [0.29, 0.717) is 12.8 Å². The lowest BCUT2D eigenvalue weighted by atomic mass is 9.91. The Kier molecular flexibility index (Phi) is 20.8. The first-order valence-corrected chi connectivity index (χ1v) is 23.2. The molecule has 3 saturated heterocycles. The van der Waals surface area contributed by atoms with E-state index in [2.05, 4.69) is 0 Å². The second-order valence-corrected chi connectivity index (χ2v) is 17.2. The van der Waals surface area contributed by atoms with E-state index in [0.717, 1.165) is 48.5 Å². The lowest BCUT2D eigenvalue weighted by molar-refractivity contribution is -0.354. The number of unbranched alkanes of at least 4 members (excludes halogenated alkanes) is 1. The third-order valence-corrected chi connectivity index (χ3v) is 11.0. The van der Waals surface area contributed by atoms with Crippen molar-refractivity contribution in [3.63, 3.8) is 0 Å². The molecule has 0 amide bonds. The summed E-state index contributed by atoms with van der Waals surface area (Å²) >= 11 is 0. The third-order valence-electron chi connectivity index (χ3n) is 10.6. The highest BCUT2D eigenvalue weighted by Gasteiger charge is 2.59. The topological polar surface area (TPSA) is 314 Å². The summed E-state index contributed by atoms with van der Waals surface area (Å²) in [6, 6.07) is 6.04. The van der Waals surface area contributed by atoms with Gasteiger partial charge in [-0.05, 0) is 32.0 Å². The molecule has 69 heavy (non-hydrogen) atoms. The average Bonchev–Trinajstić information content (AvgIpc) is 3.23. The highest BCUT2D eigenvalue weighted by atomic mass is 32.3. The van der Waals surface area contributed by atoms with Crippen LogP contribution in [0, 0.1) is 0 Å². The van der Waals surface area contributed by atoms with Crippen LogP contribution in [-0.4, -0.2) is 178 Å². The molecule has 3 aliphatic rings. The first-order chi connectivity index (χ1) is 32.4. The fourth-order valence-corrected chi connectivity index (χ4v) is 8.47. The molecule has 0 unspecified atom stereocenters. The maximum absolute atomic E-state index is 13.9. The normalized spacial score (nSPS) is 30.4. The molecular formula is C43H59NO24S. The van der Waals surface area contributed by atoms with E-state index in [-0.39, 0.29) is 18.7 Å². The number of hydrogen-bond acceptors (Lipinski definition) is 24. The van der Waals surface area contributed by atoms with Gasteiger partial charge in [-0.25, -0.2) is 8.98 Å². The molecule has 0 aliphatic carbocycles. The molecule has 386 valence electrons. The highest BCUT2D eigenvalue weighted by molar-refractivity contribution is 7.80. The lowest BCUT2D eigenvalue weighted by Crippen LogP contribution is -2.70. The predicted molar refractivity (Wildman–Crippen MR) is 226 cm³/mol. The maximum Gasteiger partial charge on any atom is 0.397 e. The molecule has 1 aromatic rings. The first kappa shape index (κ1) is 56.2. The van der Waals surface area contributed by atoms with Crippen molar-refractivity contribution < 1.29 is 112 Å². The Bertz CT molecular complexity index is 2090. The Labute approximate surface area is 397 Å². The molecule has 4 rings (SSSR count). The smallest absolute Gasteiger partial charge is 0.397 e. The van der Waals surface area contributed by atoms with Crippen LogP contribution in [0.2, 0.25) is 0 Å². The van der Waals surface area contributed by atoms with Crippen LogP contribution in [-0.2, 0) is 105 Å². The number of rotatable bonds is 20. The fourth-order valence-electron chi connectivity index (χ4n) is 7.97. The van der Waals surface area contributed by atoms with Gasteiger partial charge in [0.15, 0.2) is 49.2 Å². The zero-order valence-corrected chi connectivity index (χ0v) is 40.2. The Morgan fingerprint density at radius 2 is 1.12 bits per heavy atom. The van der Waals surface area contributed by atoms with Crippen LogP contribution in [0.5, 0.6) is 0 Å².